The number of benzene rings is 1. The fourth-order valence-corrected chi connectivity index (χ4v) is 2.58. The molecule has 1 aromatic carbocycles. The molecule has 1 aromatic rings. The number of halogens is 2. The second-order valence-electron chi connectivity index (χ2n) is 5.21. The van der Waals surface area contributed by atoms with Gasteiger partial charge in [0.15, 0.2) is 5.82 Å². The second kappa shape index (κ2) is 4.53. The molecule has 0 aromatic heterocycles. The molecule has 1 fully saturated rings. The average molecular weight is 316 g/mol. The maximum absolute atomic E-state index is 14.1. The third-order valence-electron chi connectivity index (χ3n) is 3.37. The number of nitrogens with one attached hydrogen (secondary N) is 1. The summed E-state index contributed by atoms with van der Waals surface area (Å²) < 4.78 is 14.1. The van der Waals surface area contributed by atoms with Gasteiger partial charge in [0.2, 0.25) is 0 Å². The van der Waals surface area contributed by atoms with Gasteiger partial charge in [0.05, 0.1) is 15.7 Å². The second-order valence-corrected chi connectivity index (χ2v) is 6.01. The highest BCUT2D eigenvalue weighted by Gasteiger charge is 2.38. The summed E-state index contributed by atoms with van der Waals surface area (Å²) in [5, 5.41) is 12.1. The Morgan fingerprint density at radius 1 is 1.50 bits per heavy atom. The van der Waals surface area contributed by atoms with Gasteiger partial charge in [-0.05, 0) is 60.7 Å². The van der Waals surface area contributed by atoms with Gasteiger partial charge in [0.25, 0.3) is 0 Å². The average Bonchev–Trinajstić information content (AvgIpc) is 3.08. The lowest BCUT2D eigenvalue weighted by atomic mass is 9.98. The third-order valence-corrected chi connectivity index (χ3v) is 4.14. The maximum atomic E-state index is 14.1. The van der Waals surface area contributed by atoms with Gasteiger partial charge in [0, 0.05) is 5.54 Å². The van der Waals surface area contributed by atoms with Crippen LogP contribution in [-0.4, -0.2) is 16.6 Å². The molecular weight excluding hydrogens is 301 g/mol. The van der Waals surface area contributed by atoms with Gasteiger partial charge in [0.1, 0.15) is 0 Å². The molecule has 1 aliphatic rings. The zero-order valence-electron chi connectivity index (χ0n) is 10.3. The quantitative estimate of drug-likeness (QED) is 0.886. The van der Waals surface area contributed by atoms with E-state index in [1.54, 1.807) is 0 Å². The van der Waals surface area contributed by atoms with E-state index in [0.717, 1.165) is 12.8 Å². The highest BCUT2D eigenvalue weighted by Crippen LogP contribution is 2.42. The lowest BCUT2D eigenvalue weighted by Gasteiger charge is -2.28. The third kappa shape index (κ3) is 2.51. The van der Waals surface area contributed by atoms with E-state index in [0.29, 0.717) is 11.6 Å². The van der Waals surface area contributed by atoms with Crippen LogP contribution in [0, 0.1) is 11.7 Å². The molecule has 0 saturated heterocycles. The highest BCUT2D eigenvalue weighted by molar-refractivity contribution is 9.10. The van der Waals surface area contributed by atoms with Crippen molar-refractivity contribution in [3.63, 3.8) is 0 Å². The van der Waals surface area contributed by atoms with Crippen LogP contribution in [0.4, 0.5) is 10.1 Å². The minimum Gasteiger partial charge on any atom is -0.478 e. The first kappa shape index (κ1) is 13.3. The fraction of sp³-hybridized carbons (Fsp3) is 0.462. The number of aromatic carboxylic acids is 1. The normalized spacial score (nSPS) is 15.6. The molecule has 0 atom stereocenters. The molecule has 0 radical (unpaired) electrons. The van der Waals surface area contributed by atoms with E-state index in [-0.39, 0.29) is 15.6 Å². The Balaban J connectivity index is 2.29. The topological polar surface area (TPSA) is 49.3 Å². The first-order chi connectivity index (χ1) is 8.33. The van der Waals surface area contributed by atoms with Gasteiger partial charge in [-0.15, -0.1) is 0 Å². The number of carboxylic acid groups (broad SMARTS) is 1. The number of carboxylic acids is 1. The monoisotopic (exact) mass is 315 g/mol. The van der Waals surface area contributed by atoms with Gasteiger partial charge in [-0.3, -0.25) is 0 Å². The minimum atomic E-state index is -1.14. The van der Waals surface area contributed by atoms with Crippen molar-refractivity contribution in [1.29, 1.82) is 0 Å². The summed E-state index contributed by atoms with van der Waals surface area (Å²) in [6, 6.07) is 2.88. The van der Waals surface area contributed by atoms with E-state index in [1.165, 1.54) is 12.1 Å². The molecular formula is C13H15BrFNO2. The summed E-state index contributed by atoms with van der Waals surface area (Å²) in [5.41, 5.74) is 0.0939. The van der Waals surface area contributed by atoms with Crippen LogP contribution in [-0.2, 0) is 0 Å². The summed E-state index contributed by atoms with van der Waals surface area (Å²) >= 11 is 3.00. The van der Waals surface area contributed by atoms with Gasteiger partial charge in [-0.2, -0.15) is 0 Å². The van der Waals surface area contributed by atoms with Crippen molar-refractivity contribution in [2.75, 3.05) is 5.32 Å². The molecule has 98 valence electrons. The summed E-state index contributed by atoms with van der Waals surface area (Å²) in [6.45, 7) is 4.06. The molecule has 0 spiro atoms. The van der Waals surface area contributed by atoms with E-state index in [4.69, 9.17) is 5.11 Å². The summed E-state index contributed by atoms with van der Waals surface area (Å²) in [4.78, 5) is 10.9. The van der Waals surface area contributed by atoms with Crippen molar-refractivity contribution < 1.29 is 14.3 Å². The summed E-state index contributed by atoms with van der Waals surface area (Å²) in [7, 11) is 0. The van der Waals surface area contributed by atoms with Crippen LogP contribution in [0.1, 0.15) is 37.0 Å². The van der Waals surface area contributed by atoms with E-state index in [2.05, 4.69) is 21.2 Å². The molecule has 2 N–H and O–H groups in total. The van der Waals surface area contributed by atoms with Crippen molar-refractivity contribution >= 4 is 27.6 Å². The van der Waals surface area contributed by atoms with Crippen molar-refractivity contribution in [3.05, 3.63) is 28.0 Å². The fourth-order valence-electron chi connectivity index (χ4n) is 2.07. The van der Waals surface area contributed by atoms with Crippen LogP contribution >= 0.6 is 15.9 Å². The first-order valence-electron chi connectivity index (χ1n) is 5.82. The first-order valence-corrected chi connectivity index (χ1v) is 6.61. The van der Waals surface area contributed by atoms with E-state index in [9.17, 15) is 9.18 Å². The van der Waals surface area contributed by atoms with Crippen LogP contribution < -0.4 is 5.32 Å². The predicted molar refractivity (Wildman–Crippen MR) is 71.5 cm³/mol. The largest absolute Gasteiger partial charge is 0.478 e. The van der Waals surface area contributed by atoms with Crippen LogP contribution in [0.25, 0.3) is 0 Å². The van der Waals surface area contributed by atoms with E-state index in [1.807, 2.05) is 13.8 Å². The van der Waals surface area contributed by atoms with Crippen LogP contribution in [0.3, 0.4) is 0 Å². The molecule has 18 heavy (non-hydrogen) atoms. The van der Waals surface area contributed by atoms with Crippen molar-refractivity contribution in [2.24, 2.45) is 5.92 Å². The van der Waals surface area contributed by atoms with E-state index >= 15 is 0 Å². The Morgan fingerprint density at radius 3 is 2.61 bits per heavy atom. The van der Waals surface area contributed by atoms with Crippen LogP contribution in [0.2, 0.25) is 0 Å². The van der Waals surface area contributed by atoms with Crippen LogP contribution in [0.15, 0.2) is 16.6 Å². The molecule has 0 unspecified atom stereocenters. The number of rotatable bonds is 4. The number of hydrogen-bond acceptors (Lipinski definition) is 2. The summed E-state index contributed by atoms with van der Waals surface area (Å²) in [6.07, 6.45) is 2.30. The Hall–Kier alpha value is -1.10. The molecule has 3 nitrogen and oxygen atoms in total. The van der Waals surface area contributed by atoms with Gasteiger partial charge < -0.3 is 10.4 Å². The minimum absolute atomic E-state index is 0.00778. The smallest absolute Gasteiger partial charge is 0.336 e. The molecule has 0 aliphatic heterocycles. The van der Waals surface area contributed by atoms with Crippen molar-refractivity contribution in [3.8, 4) is 0 Å². The number of anilines is 1. The molecule has 0 bridgehead atoms. The zero-order chi connectivity index (χ0) is 13.5. The molecule has 2 rings (SSSR count). The molecule has 1 saturated carbocycles. The SMILES string of the molecule is CC(C)(Nc1ccc(C(=O)O)c(Br)c1F)C1CC1. The Morgan fingerprint density at radius 2 is 2.11 bits per heavy atom. The van der Waals surface area contributed by atoms with Gasteiger partial charge in [-0.1, -0.05) is 0 Å². The lowest BCUT2D eigenvalue weighted by molar-refractivity contribution is 0.0695. The number of hydrogen-bond donors (Lipinski definition) is 2. The van der Waals surface area contributed by atoms with Gasteiger partial charge >= 0.3 is 5.97 Å². The highest BCUT2D eigenvalue weighted by atomic mass is 79.9. The molecule has 0 heterocycles. The predicted octanol–water partition coefficient (Wildman–Crippen LogP) is 3.89. The van der Waals surface area contributed by atoms with Crippen molar-refractivity contribution in [1.82, 2.24) is 0 Å². The molecule has 1 aliphatic carbocycles. The lowest BCUT2D eigenvalue weighted by Crippen LogP contribution is -2.33. The zero-order valence-corrected chi connectivity index (χ0v) is 11.8. The van der Waals surface area contributed by atoms with Gasteiger partial charge in [-0.25, -0.2) is 9.18 Å². The Labute approximate surface area is 114 Å². The van der Waals surface area contributed by atoms with Crippen molar-refractivity contribution in [2.45, 2.75) is 32.2 Å². The summed E-state index contributed by atoms with van der Waals surface area (Å²) in [5.74, 6) is -1.15. The van der Waals surface area contributed by atoms with E-state index < -0.39 is 11.8 Å². The molecule has 0 amide bonds. The maximum Gasteiger partial charge on any atom is 0.336 e. The van der Waals surface area contributed by atoms with Crippen LogP contribution in [0.5, 0.6) is 0 Å². The number of carbonyl (C=O) groups is 1. The molecule has 5 heteroatoms. The standard InChI is InChI=1S/C13H15BrFNO2/c1-13(2,7-3-4-7)16-9-6-5-8(12(17)18)10(14)11(9)15/h5-7,16H,3-4H2,1-2H3,(H,17,18). The Kier molecular flexibility index (Phi) is 3.36. The Bertz CT molecular complexity index is 498.